The number of anilines is 1. The molecule has 3 rings (SSSR count). The van der Waals surface area contributed by atoms with E-state index in [9.17, 15) is 4.79 Å². The molecule has 122 valence electrons. The first-order valence-corrected chi connectivity index (χ1v) is 8.48. The van der Waals surface area contributed by atoms with Gasteiger partial charge in [-0.2, -0.15) is 0 Å². The number of amides is 2. The zero-order valence-corrected chi connectivity index (χ0v) is 13.7. The number of rotatable bonds is 5. The second-order valence-electron chi connectivity index (χ2n) is 5.43. The average molecular weight is 333 g/mol. The van der Waals surface area contributed by atoms with Crippen LogP contribution in [0.25, 0.3) is 0 Å². The van der Waals surface area contributed by atoms with Gasteiger partial charge in [0.2, 0.25) is 11.0 Å². The summed E-state index contributed by atoms with van der Waals surface area (Å²) in [6.07, 6.45) is 6.49. The van der Waals surface area contributed by atoms with E-state index < -0.39 is 0 Å². The number of aromatic nitrogens is 3. The zero-order chi connectivity index (χ0) is 16.1. The van der Waals surface area contributed by atoms with Crippen LogP contribution in [0.2, 0.25) is 0 Å². The first-order valence-electron chi connectivity index (χ1n) is 7.66. The summed E-state index contributed by atoms with van der Waals surface area (Å²) in [5.74, 6) is 0.603. The van der Waals surface area contributed by atoms with Crippen molar-refractivity contribution in [3.05, 3.63) is 28.9 Å². The number of nitrogens with zero attached hydrogens (tertiary/aromatic N) is 3. The summed E-state index contributed by atoms with van der Waals surface area (Å²) in [5.41, 5.74) is 0.864. The first-order chi connectivity index (χ1) is 11.2. The monoisotopic (exact) mass is 333 g/mol. The fourth-order valence-corrected chi connectivity index (χ4v) is 3.08. The van der Waals surface area contributed by atoms with Crippen LogP contribution in [-0.2, 0) is 6.54 Å². The van der Waals surface area contributed by atoms with Gasteiger partial charge in [0.25, 0.3) is 0 Å². The van der Waals surface area contributed by atoms with Crippen molar-refractivity contribution in [2.24, 2.45) is 0 Å². The van der Waals surface area contributed by atoms with Crippen LogP contribution in [0.5, 0.6) is 5.88 Å². The molecule has 2 N–H and O–H groups in total. The Morgan fingerprint density at radius 2 is 2.22 bits per heavy atom. The molecule has 0 unspecified atom stereocenters. The third kappa shape index (κ3) is 4.38. The summed E-state index contributed by atoms with van der Waals surface area (Å²) in [7, 11) is 0. The highest BCUT2D eigenvalue weighted by molar-refractivity contribution is 7.15. The quantitative estimate of drug-likeness (QED) is 0.878. The second-order valence-corrected chi connectivity index (χ2v) is 6.61. The number of carbonyl (C=O) groups is 1. The number of carbonyl (C=O) groups excluding carboxylic acids is 1. The molecule has 7 nitrogen and oxygen atoms in total. The summed E-state index contributed by atoms with van der Waals surface area (Å²) in [4.78, 5) is 16.2. The third-order valence-electron chi connectivity index (χ3n) is 3.62. The molecule has 0 aromatic carbocycles. The maximum Gasteiger partial charge on any atom is 0.321 e. The summed E-state index contributed by atoms with van der Waals surface area (Å²) < 4.78 is 5.96. The largest absolute Gasteiger partial charge is 0.474 e. The van der Waals surface area contributed by atoms with Crippen molar-refractivity contribution in [2.75, 3.05) is 5.32 Å². The van der Waals surface area contributed by atoms with Crippen molar-refractivity contribution in [2.45, 2.75) is 45.3 Å². The van der Waals surface area contributed by atoms with Crippen LogP contribution < -0.4 is 15.4 Å². The van der Waals surface area contributed by atoms with E-state index in [1.807, 2.05) is 19.1 Å². The van der Waals surface area contributed by atoms with Crippen molar-refractivity contribution in [1.82, 2.24) is 20.5 Å². The molecule has 8 heteroatoms. The molecule has 23 heavy (non-hydrogen) atoms. The number of hydrogen-bond acceptors (Lipinski definition) is 6. The van der Waals surface area contributed by atoms with E-state index in [0.717, 1.165) is 23.4 Å². The number of aryl methyl sites for hydroxylation is 1. The number of pyridine rings is 1. The first kappa shape index (κ1) is 15.7. The molecule has 2 aromatic heterocycles. The van der Waals surface area contributed by atoms with Gasteiger partial charge < -0.3 is 10.1 Å². The second kappa shape index (κ2) is 7.36. The lowest BCUT2D eigenvalue weighted by atomic mass is 10.2. The van der Waals surface area contributed by atoms with Crippen LogP contribution in [-0.4, -0.2) is 27.3 Å². The Morgan fingerprint density at radius 1 is 1.39 bits per heavy atom. The molecule has 0 atom stereocenters. The third-order valence-corrected chi connectivity index (χ3v) is 4.37. The van der Waals surface area contributed by atoms with Crippen molar-refractivity contribution in [3.63, 3.8) is 0 Å². The summed E-state index contributed by atoms with van der Waals surface area (Å²) in [6.45, 7) is 2.18. The van der Waals surface area contributed by atoms with Crippen LogP contribution in [0.4, 0.5) is 9.93 Å². The van der Waals surface area contributed by atoms with Gasteiger partial charge >= 0.3 is 6.03 Å². The van der Waals surface area contributed by atoms with Gasteiger partial charge in [-0.25, -0.2) is 9.78 Å². The normalized spacial score (nSPS) is 14.7. The summed E-state index contributed by atoms with van der Waals surface area (Å²) >= 11 is 1.33. The Kier molecular flexibility index (Phi) is 5.02. The molecular weight excluding hydrogens is 314 g/mol. The van der Waals surface area contributed by atoms with Gasteiger partial charge in [0.15, 0.2) is 0 Å². The van der Waals surface area contributed by atoms with Gasteiger partial charge in [0.05, 0.1) is 0 Å². The SMILES string of the molecule is Cc1nnc(NC(=O)NCc2cccnc2OC2CCCC2)s1. The Balaban J connectivity index is 1.55. The number of hydrogen-bond donors (Lipinski definition) is 2. The Hall–Kier alpha value is -2.22. The zero-order valence-electron chi connectivity index (χ0n) is 12.9. The molecule has 1 saturated carbocycles. The van der Waals surface area contributed by atoms with Crippen LogP contribution in [0.15, 0.2) is 18.3 Å². The number of nitrogens with one attached hydrogen (secondary N) is 2. The van der Waals surface area contributed by atoms with E-state index in [0.29, 0.717) is 17.6 Å². The highest BCUT2D eigenvalue weighted by atomic mass is 32.1. The number of ether oxygens (including phenoxy) is 1. The van der Waals surface area contributed by atoms with Crippen LogP contribution in [0.3, 0.4) is 0 Å². The van der Waals surface area contributed by atoms with Crippen LogP contribution in [0, 0.1) is 6.92 Å². The minimum Gasteiger partial charge on any atom is -0.474 e. The molecule has 2 heterocycles. The average Bonchev–Trinajstić information content (AvgIpc) is 3.18. The molecular formula is C15H19N5O2S. The Labute approximate surface area is 138 Å². The van der Waals surface area contributed by atoms with Gasteiger partial charge in [-0.3, -0.25) is 5.32 Å². The Morgan fingerprint density at radius 3 is 2.96 bits per heavy atom. The van der Waals surface area contributed by atoms with E-state index in [4.69, 9.17) is 4.74 Å². The smallest absolute Gasteiger partial charge is 0.321 e. The van der Waals surface area contributed by atoms with Crippen molar-refractivity contribution >= 4 is 22.5 Å². The summed E-state index contributed by atoms with van der Waals surface area (Å²) in [6, 6.07) is 3.42. The fraction of sp³-hybridized carbons (Fsp3) is 0.467. The Bertz CT molecular complexity index is 669. The molecule has 1 fully saturated rings. The molecule has 0 aliphatic heterocycles. The molecule has 0 bridgehead atoms. The van der Waals surface area contributed by atoms with Crippen molar-refractivity contribution in [1.29, 1.82) is 0 Å². The summed E-state index contributed by atoms with van der Waals surface area (Å²) in [5, 5.41) is 14.4. The minimum absolute atomic E-state index is 0.238. The van der Waals surface area contributed by atoms with Gasteiger partial charge in [0.1, 0.15) is 11.1 Å². The van der Waals surface area contributed by atoms with E-state index in [-0.39, 0.29) is 12.1 Å². The molecule has 1 aliphatic carbocycles. The molecule has 0 spiro atoms. The van der Waals surface area contributed by atoms with Gasteiger partial charge in [-0.15, -0.1) is 10.2 Å². The highest BCUT2D eigenvalue weighted by Crippen LogP contribution is 2.25. The molecule has 0 saturated heterocycles. The predicted molar refractivity (Wildman–Crippen MR) is 87.6 cm³/mol. The maximum absolute atomic E-state index is 11.9. The highest BCUT2D eigenvalue weighted by Gasteiger charge is 2.18. The lowest BCUT2D eigenvalue weighted by Gasteiger charge is -2.15. The van der Waals surface area contributed by atoms with E-state index in [1.165, 1.54) is 24.2 Å². The van der Waals surface area contributed by atoms with Gasteiger partial charge in [-0.1, -0.05) is 17.4 Å². The van der Waals surface area contributed by atoms with E-state index >= 15 is 0 Å². The van der Waals surface area contributed by atoms with Gasteiger partial charge in [-0.05, 0) is 38.7 Å². The molecule has 2 aromatic rings. The molecule has 1 aliphatic rings. The van der Waals surface area contributed by atoms with E-state index in [2.05, 4.69) is 25.8 Å². The molecule has 0 radical (unpaired) electrons. The number of urea groups is 1. The lowest BCUT2D eigenvalue weighted by Crippen LogP contribution is -2.28. The van der Waals surface area contributed by atoms with E-state index in [1.54, 1.807) is 6.20 Å². The van der Waals surface area contributed by atoms with Crippen LogP contribution >= 0.6 is 11.3 Å². The molecule has 2 amide bonds. The maximum atomic E-state index is 11.9. The van der Waals surface area contributed by atoms with Crippen molar-refractivity contribution in [3.8, 4) is 5.88 Å². The lowest BCUT2D eigenvalue weighted by molar-refractivity contribution is 0.199. The topological polar surface area (TPSA) is 89.0 Å². The fourth-order valence-electron chi connectivity index (χ4n) is 2.49. The van der Waals surface area contributed by atoms with Crippen LogP contribution in [0.1, 0.15) is 36.3 Å². The minimum atomic E-state index is -0.322. The predicted octanol–water partition coefficient (Wildman–Crippen LogP) is 2.88. The van der Waals surface area contributed by atoms with Crippen molar-refractivity contribution < 1.29 is 9.53 Å². The van der Waals surface area contributed by atoms with Gasteiger partial charge in [0, 0.05) is 18.3 Å². The standard InChI is InChI=1S/C15H19N5O2S/c1-10-19-20-15(23-10)18-14(21)17-9-11-5-4-8-16-13(11)22-12-6-2-3-7-12/h4-5,8,12H,2-3,6-7,9H2,1H3,(H2,17,18,20,21).